The van der Waals surface area contributed by atoms with Crippen LogP contribution in [0.15, 0.2) is 0 Å². The molecule has 0 N–H and O–H groups in total. The maximum Gasteiger partial charge on any atom is 0.304 e. The molecular weight excluding hydrogens is 192 g/mol. The number of carbonyl (C=O) groups is 1. The first-order valence-corrected chi connectivity index (χ1v) is 5.89. The van der Waals surface area contributed by atoms with Gasteiger partial charge in [-0.05, 0) is 42.9 Å². The van der Waals surface area contributed by atoms with E-state index in [0.29, 0.717) is 5.92 Å². The highest BCUT2D eigenvalue weighted by Gasteiger charge is 2.44. The van der Waals surface area contributed by atoms with E-state index in [-0.39, 0.29) is 12.8 Å². The SMILES string of the molecule is CC(=O)OCOCC1C2CCC(C2)C1C. The lowest BCUT2D eigenvalue weighted by atomic mass is 9.81. The minimum atomic E-state index is -0.268. The van der Waals surface area contributed by atoms with E-state index in [4.69, 9.17) is 9.47 Å². The molecule has 4 unspecified atom stereocenters. The summed E-state index contributed by atoms with van der Waals surface area (Å²) in [7, 11) is 0. The molecule has 2 aliphatic rings. The highest BCUT2D eigenvalue weighted by atomic mass is 16.7. The van der Waals surface area contributed by atoms with Crippen molar-refractivity contribution >= 4 is 5.97 Å². The summed E-state index contributed by atoms with van der Waals surface area (Å²) in [6, 6.07) is 0. The number of ether oxygens (including phenoxy) is 2. The van der Waals surface area contributed by atoms with Gasteiger partial charge in [-0.25, -0.2) is 0 Å². The third-order valence-corrected chi connectivity index (χ3v) is 4.19. The predicted molar refractivity (Wildman–Crippen MR) is 56.1 cm³/mol. The molecular formula is C12H20O3. The summed E-state index contributed by atoms with van der Waals surface area (Å²) in [5.74, 6) is 3.01. The Balaban J connectivity index is 1.69. The summed E-state index contributed by atoms with van der Waals surface area (Å²) in [5.41, 5.74) is 0. The lowest BCUT2D eigenvalue weighted by Gasteiger charge is -2.27. The minimum absolute atomic E-state index is 0.121. The molecule has 0 saturated heterocycles. The summed E-state index contributed by atoms with van der Waals surface area (Å²) in [6.07, 6.45) is 4.17. The van der Waals surface area contributed by atoms with Gasteiger partial charge in [0.1, 0.15) is 0 Å². The number of carbonyl (C=O) groups excluding carboxylic acids is 1. The summed E-state index contributed by atoms with van der Waals surface area (Å²) in [5, 5.41) is 0. The number of fused-ring (bicyclic) bond motifs is 2. The van der Waals surface area contributed by atoms with Crippen molar-refractivity contribution in [2.24, 2.45) is 23.7 Å². The summed E-state index contributed by atoms with van der Waals surface area (Å²) in [6.45, 7) is 4.62. The van der Waals surface area contributed by atoms with Crippen LogP contribution < -0.4 is 0 Å². The van der Waals surface area contributed by atoms with Crippen LogP contribution in [-0.4, -0.2) is 19.4 Å². The molecule has 0 aromatic rings. The van der Waals surface area contributed by atoms with Crippen molar-refractivity contribution in [2.75, 3.05) is 13.4 Å². The van der Waals surface area contributed by atoms with Crippen LogP contribution in [0.4, 0.5) is 0 Å². The molecule has 0 aromatic heterocycles. The first-order chi connectivity index (χ1) is 7.18. The van der Waals surface area contributed by atoms with E-state index in [2.05, 4.69) is 6.92 Å². The van der Waals surface area contributed by atoms with Crippen LogP contribution in [0.2, 0.25) is 0 Å². The lowest BCUT2D eigenvalue weighted by molar-refractivity contribution is -0.155. The molecule has 3 nitrogen and oxygen atoms in total. The molecule has 15 heavy (non-hydrogen) atoms. The molecule has 4 atom stereocenters. The van der Waals surface area contributed by atoms with Crippen molar-refractivity contribution < 1.29 is 14.3 Å². The third kappa shape index (κ3) is 2.33. The highest BCUT2D eigenvalue weighted by Crippen LogP contribution is 2.51. The first-order valence-electron chi connectivity index (χ1n) is 5.89. The number of hydrogen-bond donors (Lipinski definition) is 0. The van der Waals surface area contributed by atoms with Gasteiger partial charge in [-0.1, -0.05) is 6.92 Å². The second-order valence-corrected chi connectivity index (χ2v) is 4.98. The molecule has 0 spiro atoms. The first kappa shape index (κ1) is 10.9. The average Bonchev–Trinajstić information content (AvgIpc) is 2.74. The molecule has 2 bridgehead atoms. The molecule has 2 saturated carbocycles. The summed E-state index contributed by atoms with van der Waals surface area (Å²) in [4.78, 5) is 10.5. The number of esters is 1. The van der Waals surface area contributed by atoms with E-state index in [0.717, 1.165) is 24.4 Å². The maximum absolute atomic E-state index is 10.5. The zero-order chi connectivity index (χ0) is 10.8. The number of hydrogen-bond acceptors (Lipinski definition) is 3. The monoisotopic (exact) mass is 212 g/mol. The quantitative estimate of drug-likeness (QED) is 0.407. The van der Waals surface area contributed by atoms with Gasteiger partial charge in [-0.15, -0.1) is 0 Å². The van der Waals surface area contributed by atoms with Crippen molar-refractivity contribution in [1.82, 2.24) is 0 Å². The van der Waals surface area contributed by atoms with E-state index >= 15 is 0 Å². The molecule has 0 aliphatic heterocycles. The van der Waals surface area contributed by atoms with Crippen molar-refractivity contribution in [3.05, 3.63) is 0 Å². The highest BCUT2D eigenvalue weighted by molar-refractivity contribution is 5.65. The van der Waals surface area contributed by atoms with Gasteiger partial charge in [-0.2, -0.15) is 0 Å². The van der Waals surface area contributed by atoms with Crippen LogP contribution in [0.25, 0.3) is 0 Å². The van der Waals surface area contributed by atoms with Crippen molar-refractivity contribution in [3.8, 4) is 0 Å². The number of rotatable bonds is 4. The molecule has 2 aliphatic carbocycles. The predicted octanol–water partition coefficient (Wildman–Crippen LogP) is 2.21. The van der Waals surface area contributed by atoms with Crippen molar-refractivity contribution in [2.45, 2.75) is 33.1 Å². The normalized spacial score (nSPS) is 38.3. The molecule has 2 fully saturated rings. The fraction of sp³-hybridized carbons (Fsp3) is 0.917. The Bertz CT molecular complexity index is 237. The van der Waals surface area contributed by atoms with Crippen LogP contribution in [-0.2, 0) is 14.3 Å². The Labute approximate surface area is 91.1 Å². The standard InChI is InChI=1S/C12H20O3/c1-8-10-3-4-11(5-10)12(8)6-14-7-15-9(2)13/h8,10-12H,3-7H2,1-2H3. The van der Waals surface area contributed by atoms with Gasteiger partial charge in [0, 0.05) is 6.92 Å². The van der Waals surface area contributed by atoms with Crippen molar-refractivity contribution in [3.63, 3.8) is 0 Å². The van der Waals surface area contributed by atoms with Gasteiger partial charge in [0.25, 0.3) is 0 Å². The zero-order valence-corrected chi connectivity index (χ0v) is 9.57. The fourth-order valence-electron chi connectivity index (χ4n) is 3.29. The third-order valence-electron chi connectivity index (χ3n) is 4.19. The van der Waals surface area contributed by atoms with Gasteiger partial charge in [0.15, 0.2) is 6.79 Å². The molecule has 3 heteroatoms. The van der Waals surface area contributed by atoms with E-state index in [1.807, 2.05) is 0 Å². The van der Waals surface area contributed by atoms with Crippen LogP contribution in [0.3, 0.4) is 0 Å². The molecule has 0 radical (unpaired) electrons. The van der Waals surface area contributed by atoms with Gasteiger partial charge in [0.2, 0.25) is 0 Å². The molecule has 86 valence electrons. The van der Waals surface area contributed by atoms with Crippen LogP contribution in [0, 0.1) is 23.7 Å². The zero-order valence-electron chi connectivity index (χ0n) is 9.57. The minimum Gasteiger partial charge on any atom is -0.439 e. The van der Waals surface area contributed by atoms with Gasteiger partial charge < -0.3 is 9.47 Å². The van der Waals surface area contributed by atoms with Gasteiger partial charge in [0.05, 0.1) is 6.61 Å². The Morgan fingerprint density at radius 1 is 1.33 bits per heavy atom. The topological polar surface area (TPSA) is 35.5 Å². The van der Waals surface area contributed by atoms with Gasteiger partial charge in [-0.3, -0.25) is 4.79 Å². The molecule has 0 aromatic carbocycles. The largest absolute Gasteiger partial charge is 0.439 e. The smallest absolute Gasteiger partial charge is 0.304 e. The van der Waals surface area contributed by atoms with Crippen LogP contribution in [0.1, 0.15) is 33.1 Å². The molecule has 0 heterocycles. The Morgan fingerprint density at radius 3 is 2.67 bits per heavy atom. The van der Waals surface area contributed by atoms with E-state index in [1.54, 1.807) is 0 Å². The maximum atomic E-state index is 10.5. The Kier molecular flexibility index (Phi) is 3.29. The molecule has 0 amide bonds. The van der Waals surface area contributed by atoms with Gasteiger partial charge >= 0.3 is 5.97 Å². The summed E-state index contributed by atoms with van der Waals surface area (Å²) < 4.78 is 10.2. The molecule has 2 rings (SSSR count). The Morgan fingerprint density at radius 2 is 2.07 bits per heavy atom. The van der Waals surface area contributed by atoms with E-state index in [9.17, 15) is 4.79 Å². The Hall–Kier alpha value is -0.570. The van der Waals surface area contributed by atoms with E-state index in [1.165, 1.54) is 26.2 Å². The van der Waals surface area contributed by atoms with Crippen LogP contribution in [0.5, 0.6) is 0 Å². The van der Waals surface area contributed by atoms with Crippen LogP contribution >= 0.6 is 0 Å². The van der Waals surface area contributed by atoms with Crippen molar-refractivity contribution in [1.29, 1.82) is 0 Å². The fourth-order valence-corrected chi connectivity index (χ4v) is 3.29. The summed E-state index contributed by atoms with van der Waals surface area (Å²) >= 11 is 0. The second kappa shape index (κ2) is 4.52. The second-order valence-electron chi connectivity index (χ2n) is 4.98. The van der Waals surface area contributed by atoms with E-state index < -0.39 is 0 Å². The lowest BCUT2D eigenvalue weighted by Crippen LogP contribution is -2.25. The average molecular weight is 212 g/mol.